The van der Waals surface area contributed by atoms with Gasteiger partial charge in [-0.05, 0) is 31.4 Å². The van der Waals surface area contributed by atoms with Crippen LogP contribution in [0.15, 0.2) is 27.4 Å². The molecule has 20 heavy (non-hydrogen) atoms. The summed E-state index contributed by atoms with van der Waals surface area (Å²) in [5.41, 5.74) is 0.384. The summed E-state index contributed by atoms with van der Waals surface area (Å²) in [6.45, 7) is 3.36. The molecule has 0 saturated carbocycles. The second kappa shape index (κ2) is 3.90. The lowest BCUT2D eigenvalue weighted by molar-refractivity contribution is 0.448. The van der Waals surface area contributed by atoms with E-state index in [2.05, 4.69) is 0 Å². The van der Waals surface area contributed by atoms with Crippen molar-refractivity contribution in [2.24, 2.45) is 0 Å². The number of phenols is 2. The normalized spacial score (nSPS) is 11.3. The summed E-state index contributed by atoms with van der Waals surface area (Å²) >= 11 is 0. The second-order valence-electron chi connectivity index (χ2n) is 4.77. The van der Waals surface area contributed by atoms with Gasteiger partial charge in [-0.25, -0.2) is 0 Å². The molecule has 0 atom stereocenters. The van der Waals surface area contributed by atoms with E-state index in [9.17, 15) is 20.1 Å². The maximum atomic E-state index is 11.4. The number of fused-ring (bicyclic) bond motifs is 2. The van der Waals surface area contributed by atoms with Crippen molar-refractivity contribution in [3.63, 3.8) is 0 Å². The molecule has 102 valence electrons. The predicted molar refractivity (Wildman–Crippen MR) is 74.5 cm³/mol. The Morgan fingerprint density at radius 2 is 1.65 bits per heavy atom. The second-order valence-corrected chi connectivity index (χ2v) is 4.77. The van der Waals surface area contributed by atoms with E-state index < -0.39 is 0 Å². The van der Waals surface area contributed by atoms with Gasteiger partial charge >= 0.3 is 0 Å². The molecule has 1 heterocycles. The summed E-state index contributed by atoms with van der Waals surface area (Å²) in [5.74, 6) is -0.228. The van der Waals surface area contributed by atoms with Crippen molar-refractivity contribution in [3.8, 4) is 17.2 Å². The molecule has 0 aliphatic rings. The molecule has 0 saturated heterocycles. The summed E-state index contributed by atoms with van der Waals surface area (Å²) in [7, 11) is 0. The van der Waals surface area contributed by atoms with Gasteiger partial charge in [0.1, 0.15) is 34.0 Å². The van der Waals surface area contributed by atoms with Crippen molar-refractivity contribution in [2.45, 2.75) is 13.8 Å². The molecule has 3 N–H and O–H groups in total. The van der Waals surface area contributed by atoms with Crippen LogP contribution in [0.5, 0.6) is 17.2 Å². The highest BCUT2D eigenvalue weighted by Crippen LogP contribution is 2.43. The van der Waals surface area contributed by atoms with Gasteiger partial charge in [-0.2, -0.15) is 0 Å². The Morgan fingerprint density at radius 1 is 0.950 bits per heavy atom. The first-order chi connectivity index (χ1) is 9.40. The number of aryl methyl sites for hydroxylation is 1. The summed E-state index contributed by atoms with van der Waals surface area (Å²) in [6, 6.07) is 3.82. The van der Waals surface area contributed by atoms with E-state index in [4.69, 9.17) is 4.42 Å². The minimum Gasteiger partial charge on any atom is -0.507 e. The average molecular weight is 272 g/mol. The molecule has 5 nitrogen and oxygen atoms in total. The fourth-order valence-corrected chi connectivity index (χ4v) is 2.35. The maximum Gasteiger partial charge on any atom is 0.182 e. The van der Waals surface area contributed by atoms with E-state index in [1.807, 2.05) is 0 Å². The van der Waals surface area contributed by atoms with Crippen molar-refractivity contribution in [1.82, 2.24) is 0 Å². The Morgan fingerprint density at radius 3 is 2.35 bits per heavy atom. The molecular weight excluding hydrogens is 260 g/mol. The lowest BCUT2D eigenvalue weighted by Gasteiger charge is -2.11. The predicted octanol–water partition coefficient (Wildman–Crippen LogP) is 2.68. The van der Waals surface area contributed by atoms with Crippen molar-refractivity contribution in [3.05, 3.63) is 39.7 Å². The third-order valence-electron chi connectivity index (χ3n) is 3.51. The monoisotopic (exact) mass is 272 g/mol. The Kier molecular flexibility index (Phi) is 2.41. The zero-order valence-corrected chi connectivity index (χ0v) is 10.9. The largest absolute Gasteiger partial charge is 0.507 e. The van der Waals surface area contributed by atoms with Crippen molar-refractivity contribution < 1.29 is 19.7 Å². The number of hydrogen-bond donors (Lipinski definition) is 3. The molecule has 0 unspecified atom stereocenters. The average Bonchev–Trinajstić information content (AvgIpc) is 2.34. The highest BCUT2D eigenvalue weighted by molar-refractivity contribution is 6.07. The SMILES string of the molecule is Cc1oc2cc3cc(=O)cc(O)c3c(O)c2c(O)c1C. The Labute approximate surface area is 113 Å². The molecule has 0 spiro atoms. The first-order valence-electron chi connectivity index (χ1n) is 6.02. The van der Waals surface area contributed by atoms with E-state index in [1.54, 1.807) is 13.8 Å². The van der Waals surface area contributed by atoms with Gasteiger partial charge in [-0.3, -0.25) is 4.79 Å². The Bertz CT molecular complexity index is 921. The van der Waals surface area contributed by atoms with Gasteiger partial charge < -0.3 is 19.7 Å². The highest BCUT2D eigenvalue weighted by atomic mass is 16.3. The van der Waals surface area contributed by atoms with Crippen LogP contribution < -0.4 is 5.43 Å². The van der Waals surface area contributed by atoms with Gasteiger partial charge in [-0.15, -0.1) is 0 Å². The van der Waals surface area contributed by atoms with Gasteiger partial charge in [0, 0.05) is 11.6 Å². The Hall–Kier alpha value is -2.69. The van der Waals surface area contributed by atoms with Gasteiger partial charge in [0.2, 0.25) is 0 Å². The van der Waals surface area contributed by atoms with Gasteiger partial charge in [0.05, 0.1) is 5.39 Å². The maximum absolute atomic E-state index is 11.4. The first-order valence-corrected chi connectivity index (χ1v) is 6.02. The van der Waals surface area contributed by atoms with Crippen molar-refractivity contribution in [1.29, 1.82) is 0 Å². The van der Waals surface area contributed by atoms with E-state index in [0.29, 0.717) is 16.7 Å². The highest BCUT2D eigenvalue weighted by Gasteiger charge is 2.18. The molecule has 0 radical (unpaired) electrons. The summed E-state index contributed by atoms with van der Waals surface area (Å²) in [4.78, 5) is 11.4. The molecule has 0 fully saturated rings. The Balaban J connectivity index is 2.65. The number of benzene rings is 2. The van der Waals surface area contributed by atoms with Crippen molar-refractivity contribution >= 4 is 21.7 Å². The standard InChI is InChI=1S/C15H12O5/c1-6-7(2)20-11-4-8-3-9(16)5-10(17)12(8)15(19)13(11)14(6)18/h3-5,17-19H,1-2H3. The summed E-state index contributed by atoms with van der Waals surface area (Å²) in [6.07, 6.45) is 0. The third-order valence-corrected chi connectivity index (χ3v) is 3.51. The molecular formula is C15H12O5. The molecule has 0 amide bonds. The van der Waals surface area contributed by atoms with E-state index in [0.717, 1.165) is 6.07 Å². The minimum atomic E-state index is -0.373. The molecule has 3 rings (SSSR count). The number of phenolic OH excluding ortho intramolecular Hbond substituents is 2. The van der Waals surface area contributed by atoms with Crippen molar-refractivity contribution in [2.75, 3.05) is 0 Å². The van der Waals surface area contributed by atoms with Gasteiger partial charge in [0.15, 0.2) is 5.43 Å². The van der Waals surface area contributed by atoms with Crippen LogP contribution in [-0.2, 0) is 0 Å². The minimum absolute atomic E-state index is 0.103. The molecule has 3 aromatic rings. The third kappa shape index (κ3) is 1.53. The van der Waals surface area contributed by atoms with E-state index in [-0.39, 0.29) is 39.0 Å². The van der Waals surface area contributed by atoms with Crippen LogP contribution in [0.3, 0.4) is 0 Å². The lowest BCUT2D eigenvalue weighted by atomic mass is 10.0. The van der Waals surface area contributed by atoms with Crippen LogP contribution >= 0.6 is 0 Å². The van der Waals surface area contributed by atoms with Gasteiger partial charge in [0.25, 0.3) is 0 Å². The zero-order valence-electron chi connectivity index (χ0n) is 10.9. The van der Waals surface area contributed by atoms with Crippen LogP contribution in [-0.4, -0.2) is 15.3 Å². The molecule has 0 bridgehead atoms. The fourth-order valence-electron chi connectivity index (χ4n) is 2.35. The van der Waals surface area contributed by atoms with Crippen LogP contribution in [0.25, 0.3) is 21.7 Å². The van der Waals surface area contributed by atoms with Crippen LogP contribution in [0.2, 0.25) is 0 Å². The van der Waals surface area contributed by atoms with Gasteiger partial charge in [-0.1, -0.05) is 0 Å². The van der Waals surface area contributed by atoms with Crippen LogP contribution in [0, 0.1) is 13.8 Å². The van der Waals surface area contributed by atoms with E-state index in [1.165, 1.54) is 12.1 Å². The number of rotatable bonds is 0. The molecule has 1 aromatic heterocycles. The van der Waals surface area contributed by atoms with E-state index >= 15 is 0 Å². The first kappa shape index (κ1) is 12.3. The topological polar surface area (TPSA) is 90.9 Å². The summed E-state index contributed by atoms with van der Waals surface area (Å²) in [5, 5.41) is 30.9. The number of hydrogen-bond acceptors (Lipinski definition) is 5. The molecule has 0 aliphatic carbocycles. The molecule has 5 heteroatoms. The molecule has 2 aromatic carbocycles. The van der Waals surface area contributed by atoms with Crippen LogP contribution in [0.1, 0.15) is 11.3 Å². The smallest absolute Gasteiger partial charge is 0.182 e. The zero-order chi connectivity index (χ0) is 14.6. The van der Waals surface area contributed by atoms with Crippen LogP contribution in [0.4, 0.5) is 0 Å². The molecule has 0 aliphatic heterocycles. The lowest BCUT2D eigenvalue weighted by Crippen LogP contribution is -1.96. The quantitative estimate of drug-likeness (QED) is 0.547. The summed E-state index contributed by atoms with van der Waals surface area (Å²) < 4.78 is 5.54. The number of aromatic hydroxyl groups is 3. The fraction of sp³-hybridized carbons (Fsp3) is 0.133.